The summed E-state index contributed by atoms with van der Waals surface area (Å²) in [7, 11) is -8.79. The lowest BCUT2D eigenvalue weighted by Gasteiger charge is -2.19. The van der Waals surface area contributed by atoms with E-state index in [1.54, 1.807) is 0 Å². The second kappa shape index (κ2) is 20.1. The van der Waals surface area contributed by atoms with E-state index in [4.69, 9.17) is 23.4 Å². The van der Waals surface area contributed by atoms with Gasteiger partial charge in [-0.1, -0.05) is 106 Å². The van der Waals surface area contributed by atoms with E-state index in [-0.39, 0.29) is 19.6 Å². The molecule has 0 fully saturated rings. The van der Waals surface area contributed by atoms with Gasteiger partial charge in [0.2, 0.25) is 0 Å². The van der Waals surface area contributed by atoms with E-state index in [0.29, 0.717) is 11.8 Å². The Morgan fingerprint density at radius 1 is 0.710 bits per heavy atom. The molecule has 0 bridgehead atoms. The van der Waals surface area contributed by atoms with Crippen molar-refractivity contribution in [3.63, 3.8) is 0 Å². The molecule has 0 aliphatic carbocycles. The second-order valence-electron chi connectivity index (χ2n) is 7.86. The smallest absolute Gasteiger partial charge is 0.303 e. The van der Waals surface area contributed by atoms with Crippen molar-refractivity contribution < 1.29 is 37.4 Å². The average molecular weight is 553 g/mol. The van der Waals surface area contributed by atoms with Crippen LogP contribution >= 0.6 is 31.6 Å². The molecule has 0 saturated heterocycles. The van der Waals surface area contributed by atoms with Crippen molar-refractivity contribution in [2.24, 2.45) is 0 Å². The molecule has 2 unspecified atom stereocenters. The summed E-state index contributed by atoms with van der Waals surface area (Å²) in [4.78, 5) is 27.6. The first-order valence-electron chi connectivity index (χ1n) is 11.6. The van der Waals surface area contributed by atoms with Crippen LogP contribution in [-0.4, -0.2) is 39.3 Å². The van der Waals surface area contributed by atoms with Gasteiger partial charge in [-0.25, -0.2) is 9.13 Å². The summed E-state index contributed by atoms with van der Waals surface area (Å²) in [5.74, 6) is 0. The Morgan fingerprint density at radius 3 is 1.61 bits per heavy atom. The lowest BCUT2D eigenvalue weighted by molar-refractivity contribution is 0.0921. The molecule has 0 rings (SSSR count). The first-order chi connectivity index (χ1) is 14.7. The fourth-order valence-corrected chi connectivity index (χ4v) is 5.06. The van der Waals surface area contributed by atoms with E-state index in [2.05, 4.69) is 22.9 Å². The molecular weight excluding hydrogens is 510 g/mol. The third kappa shape index (κ3) is 23.6. The summed E-state index contributed by atoms with van der Waals surface area (Å²) < 4.78 is 37.1. The van der Waals surface area contributed by atoms with Crippen molar-refractivity contribution in [2.45, 2.75) is 109 Å². The van der Waals surface area contributed by atoms with E-state index >= 15 is 0 Å². The Morgan fingerprint density at radius 2 is 1.16 bits per heavy atom. The molecule has 0 aliphatic rings. The molecular formula is C20H43BrO8P2. The number of unbranched alkanes of at least 4 members (excludes halogenated alkanes) is 12. The van der Waals surface area contributed by atoms with Crippen LogP contribution < -0.4 is 0 Å². The zero-order chi connectivity index (χ0) is 23.4. The fourth-order valence-electron chi connectivity index (χ4n) is 3.32. The average Bonchev–Trinajstić information content (AvgIpc) is 2.68. The molecule has 188 valence electrons. The Labute approximate surface area is 196 Å². The van der Waals surface area contributed by atoms with Gasteiger partial charge in [-0.3, -0.25) is 13.6 Å². The fraction of sp³-hybridized carbons (Fsp3) is 1.00. The van der Waals surface area contributed by atoms with Crippen molar-refractivity contribution in [3.8, 4) is 0 Å². The predicted octanol–water partition coefficient (Wildman–Crippen LogP) is 6.86. The molecule has 11 heteroatoms. The summed E-state index contributed by atoms with van der Waals surface area (Å²) in [5.41, 5.74) is 0. The van der Waals surface area contributed by atoms with Crippen LogP contribution in [0, 0.1) is 0 Å². The highest BCUT2D eigenvalue weighted by Crippen LogP contribution is 2.44. The lowest BCUT2D eigenvalue weighted by Crippen LogP contribution is -2.14. The van der Waals surface area contributed by atoms with Crippen LogP contribution in [0.25, 0.3) is 0 Å². The maximum Gasteiger partial charge on any atom is 0.472 e. The first-order valence-corrected chi connectivity index (χ1v) is 15.8. The molecule has 0 radical (unpaired) electrons. The van der Waals surface area contributed by atoms with E-state index in [1.807, 2.05) is 0 Å². The second-order valence-corrected chi connectivity index (χ2v) is 11.3. The number of rotatable bonds is 23. The van der Waals surface area contributed by atoms with E-state index in [0.717, 1.165) is 19.3 Å². The Hall–Kier alpha value is 0.700. The molecule has 0 heterocycles. The van der Waals surface area contributed by atoms with Crippen LogP contribution in [0.4, 0.5) is 0 Å². The number of halogens is 1. The number of phosphoric ester groups is 2. The molecule has 3 N–H and O–H groups in total. The predicted molar refractivity (Wildman–Crippen MR) is 127 cm³/mol. The van der Waals surface area contributed by atoms with Gasteiger partial charge in [-0.15, -0.1) is 0 Å². The van der Waals surface area contributed by atoms with Gasteiger partial charge in [0.25, 0.3) is 0 Å². The SMILES string of the molecule is CCCCCCCCCCCCCCCC(CCOP(=O)(O)OCCBr)OP(=O)(O)O. The Balaban J connectivity index is 3.87. The quantitative estimate of drug-likeness (QED) is 0.0712. The summed E-state index contributed by atoms with van der Waals surface area (Å²) in [6.45, 7) is 2.08. The highest BCUT2D eigenvalue weighted by Gasteiger charge is 2.25. The zero-order valence-corrected chi connectivity index (χ0v) is 22.3. The van der Waals surface area contributed by atoms with Gasteiger partial charge in [-0.05, 0) is 12.8 Å². The van der Waals surface area contributed by atoms with Crippen molar-refractivity contribution in [1.82, 2.24) is 0 Å². The summed E-state index contributed by atoms with van der Waals surface area (Å²) in [6, 6.07) is 0. The van der Waals surface area contributed by atoms with Gasteiger partial charge in [-0.2, -0.15) is 0 Å². The summed E-state index contributed by atoms with van der Waals surface area (Å²) >= 11 is 3.08. The van der Waals surface area contributed by atoms with Crippen LogP contribution in [0.2, 0.25) is 0 Å². The third-order valence-corrected chi connectivity index (χ3v) is 6.86. The van der Waals surface area contributed by atoms with Crippen LogP contribution in [0.1, 0.15) is 103 Å². The van der Waals surface area contributed by atoms with Crippen molar-refractivity contribution in [3.05, 3.63) is 0 Å². The number of phosphoric acid groups is 2. The van der Waals surface area contributed by atoms with Gasteiger partial charge in [0, 0.05) is 5.33 Å². The maximum absolute atomic E-state index is 11.6. The maximum atomic E-state index is 11.6. The standard InChI is InChI=1S/C20H43BrO8P2/c1-2-3-4-5-6-7-8-9-10-11-12-13-14-15-20(29-30(22,23)24)16-18-27-31(25,26)28-19-17-21/h20H,2-19H2,1H3,(H,25,26)(H2,22,23,24). The molecule has 0 saturated carbocycles. The van der Waals surface area contributed by atoms with E-state index in [9.17, 15) is 14.0 Å². The molecule has 31 heavy (non-hydrogen) atoms. The zero-order valence-electron chi connectivity index (χ0n) is 19.0. The van der Waals surface area contributed by atoms with Gasteiger partial charge in [0.1, 0.15) is 0 Å². The highest BCUT2D eigenvalue weighted by atomic mass is 79.9. The topological polar surface area (TPSA) is 123 Å². The van der Waals surface area contributed by atoms with Gasteiger partial charge < -0.3 is 14.7 Å². The molecule has 0 spiro atoms. The Kier molecular flexibility index (Phi) is 20.6. The summed E-state index contributed by atoms with van der Waals surface area (Å²) in [5, 5.41) is 0.393. The minimum atomic E-state index is -4.63. The minimum Gasteiger partial charge on any atom is -0.303 e. The largest absolute Gasteiger partial charge is 0.472 e. The van der Waals surface area contributed by atoms with Gasteiger partial charge in [0.15, 0.2) is 0 Å². The molecule has 0 amide bonds. The molecule has 8 nitrogen and oxygen atoms in total. The molecule has 0 aromatic rings. The highest BCUT2D eigenvalue weighted by molar-refractivity contribution is 9.09. The molecule has 0 aromatic heterocycles. The first kappa shape index (κ1) is 31.7. The van der Waals surface area contributed by atoms with Crippen molar-refractivity contribution in [2.75, 3.05) is 18.5 Å². The van der Waals surface area contributed by atoms with Crippen LogP contribution in [0.5, 0.6) is 0 Å². The minimum absolute atomic E-state index is 0.0230. The summed E-state index contributed by atoms with van der Waals surface area (Å²) in [6.07, 6.45) is 15.7. The molecule has 0 aromatic carbocycles. The van der Waals surface area contributed by atoms with Gasteiger partial charge in [0.05, 0.1) is 19.3 Å². The van der Waals surface area contributed by atoms with Crippen molar-refractivity contribution >= 4 is 31.6 Å². The molecule has 2 atom stereocenters. The van der Waals surface area contributed by atoms with E-state index < -0.39 is 21.7 Å². The van der Waals surface area contributed by atoms with Crippen LogP contribution in [0.15, 0.2) is 0 Å². The van der Waals surface area contributed by atoms with Crippen molar-refractivity contribution in [1.29, 1.82) is 0 Å². The third-order valence-electron chi connectivity index (χ3n) is 4.94. The van der Waals surface area contributed by atoms with E-state index in [1.165, 1.54) is 64.2 Å². The lowest BCUT2D eigenvalue weighted by atomic mass is 10.0. The molecule has 0 aliphatic heterocycles. The van der Waals surface area contributed by atoms with Crippen LogP contribution in [-0.2, 0) is 22.7 Å². The number of hydrogen-bond acceptors (Lipinski definition) is 5. The van der Waals surface area contributed by atoms with Gasteiger partial charge >= 0.3 is 15.6 Å². The monoisotopic (exact) mass is 552 g/mol. The van der Waals surface area contributed by atoms with Crippen LogP contribution in [0.3, 0.4) is 0 Å². The number of alkyl halides is 1. The number of hydrogen-bond donors (Lipinski definition) is 3. The Bertz CT molecular complexity index is 504. The normalized spacial score (nSPS) is 15.1.